The van der Waals surface area contributed by atoms with Crippen LogP contribution < -0.4 is 10.2 Å². The molecule has 3 aromatic carbocycles. The number of aliphatic carboxylic acids is 1. The Hall–Kier alpha value is -4.35. The van der Waals surface area contributed by atoms with Crippen LogP contribution >= 0.6 is 15.9 Å². The summed E-state index contributed by atoms with van der Waals surface area (Å²) in [5.74, 6) is -4.87. The second kappa shape index (κ2) is 9.14. The van der Waals surface area contributed by atoms with Gasteiger partial charge in [0.25, 0.3) is 5.69 Å². The van der Waals surface area contributed by atoms with E-state index in [-0.39, 0.29) is 17.8 Å². The van der Waals surface area contributed by atoms with E-state index in [0.717, 1.165) is 26.3 Å². The minimum absolute atomic E-state index is 0.0366. The summed E-state index contributed by atoms with van der Waals surface area (Å²) in [6, 6.07) is 19.0. The Morgan fingerprint density at radius 2 is 1.79 bits per heavy atom. The monoisotopic (exact) mass is 588 g/mol. The first-order valence-corrected chi connectivity index (χ1v) is 12.9. The van der Waals surface area contributed by atoms with E-state index >= 15 is 0 Å². The molecule has 4 unspecified atom stereocenters. The van der Waals surface area contributed by atoms with Crippen LogP contribution in [0, 0.1) is 22.0 Å². The van der Waals surface area contributed by atoms with Crippen molar-refractivity contribution < 1.29 is 24.4 Å². The fraction of sp³-hybridized carbons (Fsp3) is 0.179. The summed E-state index contributed by atoms with van der Waals surface area (Å²) in [5.41, 5.74) is 0.0852. The van der Waals surface area contributed by atoms with Gasteiger partial charge in [-0.25, -0.2) is 4.90 Å². The van der Waals surface area contributed by atoms with Gasteiger partial charge in [0.2, 0.25) is 11.8 Å². The number of carbonyl (C=O) groups excluding carboxylic acids is 2. The molecule has 2 aliphatic rings. The lowest BCUT2D eigenvalue weighted by Crippen LogP contribution is -2.57. The fourth-order valence-electron chi connectivity index (χ4n) is 5.97. The Morgan fingerprint density at radius 1 is 1.05 bits per heavy atom. The normalized spacial score (nSPS) is 24.3. The summed E-state index contributed by atoms with van der Waals surface area (Å²) in [7, 11) is 0. The first-order chi connectivity index (χ1) is 18.7. The lowest BCUT2D eigenvalue weighted by atomic mass is 9.76. The molecule has 3 heterocycles. The SMILES string of the molecule is O=C1C2C(c3ccc(Br)cc3)NC(Cc3c[nH]c4ccccc34)(C(=O)O)C2C(=O)N1c1cccc([N+](=O)[O-])c1. The van der Waals surface area contributed by atoms with Crippen molar-refractivity contribution >= 4 is 56.0 Å². The van der Waals surface area contributed by atoms with Gasteiger partial charge in [0, 0.05) is 46.2 Å². The molecule has 4 atom stereocenters. The number of hydrogen-bond donors (Lipinski definition) is 3. The number of nitrogens with zero attached hydrogens (tertiary/aromatic N) is 2. The maximum Gasteiger partial charge on any atom is 0.325 e. The zero-order valence-electron chi connectivity index (χ0n) is 20.2. The van der Waals surface area contributed by atoms with Crippen LogP contribution in [0.4, 0.5) is 11.4 Å². The number of nitro groups is 1. The number of anilines is 1. The number of aromatic amines is 1. The van der Waals surface area contributed by atoms with E-state index in [1.807, 2.05) is 24.3 Å². The number of halogens is 1. The Kier molecular flexibility index (Phi) is 5.85. The summed E-state index contributed by atoms with van der Waals surface area (Å²) in [4.78, 5) is 56.0. The van der Waals surface area contributed by atoms with Crippen molar-refractivity contribution in [3.05, 3.63) is 105 Å². The van der Waals surface area contributed by atoms with Gasteiger partial charge in [-0.2, -0.15) is 0 Å². The van der Waals surface area contributed by atoms with Gasteiger partial charge in [0.1, 0.15) is 5.54 Å². The Labute approximate surface area is 229 Å². The number of imide groups is 1. The van der Waals surface area contributed by atoms with Crippen LogP contribution in [0.2, 0.25) is 0 Å². The second-order valence-corrected chi connectivity index (χ2v) is 10.7. The highest BCUT2D eigenvalue weighted by Gasteiger charge is 2.68. The molecule has 39 heavy (non-hydrogen) atoms. The van der Waals surface area contributed by atoms with Crippen molar-refractivity contribution in [1.29, 1.82) is 0 Å². The summed E-state index contributed by atoms with van der Waals surface area (Å²) >= 11 is 3.40. The van der Waals surface area contributed by atoms with Gasteiger partial charge in [-0.05, 0) is 35.4 Å². The minimum Gasteiger partial charge on any atom is -0.480 e. The molecule has 10 nitrogen and oxygen atoms in total. The van der Waals surface area contributed by atoms with Gasteiger partial charge in [-0.1, -0.05) is 52.3 Å². The van der Waals surface area contributed by atoms with Gasteiger partial charge in [-0.3, -0.25) is 29.8 Å². The number of fused-ring (bicyclic) bond motifs is 2. The average Bonchev–Trinajstić information content (AvgIpc) is 3.57. The molecule has 196 valence electrons. The van der Waals surface area contributed by atoms with Crippen LogP contribution in [0.1, 0.15) is 17.2 Å². The third-order valence-corrected chi connectivity index (χ3v) is 8.24. The van der Waals surface area contributed by atoms with Crippen molar-refractivity contribution in [3.63, 3.8) is 0 Å². The lowest BCUT2D eigenvalue weighted by Gasteiger charge is -2.31. The van der Waals surface area contributed by atoms with Crippen molar-refractivity contribution in [3.8, 4) is 0 Å². The molecule has 0 saturated carbocycles. The summed E-state index contributed by atoms with van der Waals surface area (Å²) in [6.45, 7) is 0. The zero-order chi connectivity index (χ0) is 27.5. The van der Waals surface area contributed by atoms with E-state index < -0.39 is 46.1 Å². The number of carboxylic acid groups (broad SMARTS) is 1. The molecule has 0 aliphatic carbocycles. The zero-order valence-corrected chi connectivity index (χ0v) is 21.8. The predicted molar refractivity (Wildman–Crippen MR) is 145 cm³/mol. The highest BCUT2D eigenvalue weighted by atomic mass is 79.9. The number of nitro benzene ring substituents is 1. The molecule has 2 fully saturated rings. The highest BCUT2D eigenvalue weighted by Crippen LogP contribution is 2.51. The summed E-state index contributed by atoms with van der Waals surface area (Å²) in [6.07, 6.45) is 1.65. The van der Waals surface area contributed by atoms with Crippen LogP contribution in [-0.2, 0) is 20.8 Å². The molecule has 0 bridgehead atoms. The van der Waals surface area contributed by atoms with Crippen LogP contribution in [0.3, 0.4) is 0 Å². The Balaban J connectivity index is 1.51. The largest absolute Gasteiger partial charge is 0.480 e. The van der Waals surface area contributed by atoms with Crippen molar-refractivity contribution in [1.82, 2.24) is 10.3 Å². The van der Waals surface area contributed by atoms with Crippen LogP contribution in [0.15, 0.2) is 83.5 Å². The van der Waals surface area contributed by atoms with E-state index in [1.54, 1.807) is 30.5 Å². The molecule has 2 saturated heterocycles. The van der Waals surface area contributed by atoms with Crippen LogP contribution in [0.25, 0.3) is 10.9 Å². The van der Waals surface area contributed by atoms with E-state index in [0.29, 0.717) is 11.1 Å². The van der Waals surface area contributed by atoms with Crippen molar-refractivity contribution in [2.45, 2.75) is 18.0 Å². The third-order valence-electron chi connectivity index (χ3n) is 7.71. The van der Waals surface area contributed by atoms with E-state index in [2.05, 4.69) is 26.2 Å². The number of non-ortho nitro benzene ring substituents is 1. The van der Waals surface area contributed by atoms with Gasteiger partial charge in [-0.15, -0.1) is 0 Å². The molecule has 2 amide bonds. The molecule has 0 radical (unpaired) electrons. The Bertz CT molecular complexity index is 1670. The average molecular weight is 589 g/mol. The second-order valence-electron chi connectivity index (χ2n) is 9.78. The first kappa shape index (κ1) is 25.0. The maximum atomic E-state index is 14.0. The molecule has 0 spiro atoms. The molecule has 1 aromatic heterocycles. The number of nitrogens with one attached hydrogen (secondary N) is 2. The third kappa shape index (κ3) is 3.84. The van der Waals surface area contributed by atoms with E-state index in [4.69, 9.17) is 0 Å². The van der Waals surface area contributed by atoms with E-state index in [1.165, 1.54) is 18.2 Å². The van der Waals surface area contributed by atoms with E-state index in [9.17, 15) is 29.6 Å². The van der Waals surface area contributed by atoms with Gasteiger partial charge in [0.15, 0.2) is 0 Å². The molecular weight excluding hydrogens is 568 g/mol. The number of benzene rings is 3. The summed E-state index contributed by atoms with van der Waals surface area (Å²) in [5, 5.41) is 26.1. The van der Waals surface area contributed by atoms with Gasteiger partial charge >= 0.3 is 5.97 Å². The number of hydrogen-bond acceptors (Lipinski definition) is 6. The Morgan fingerprint density at radius 3 is 2.51 bits per heavy atom. The lowest BCUT2D eigenvalue weighted by molar-refractivity contribution is -0.384. The smallest absolute Gasteiger partial charge is 0.325 e. The highest BCUT2D eigenvalue weighted by molar-refractivity contribution is 9.10. The van der Waals surface area contributed by atoms with Crippen LogP contribution in [-0.4, -0.2) is 38.3 Å². The molecule has 4 aromatic rings. The molecular formula is C28H21BrN4O6. The number of carboxylic acids is 1. The summed E-state index contributed by atoms with van der Waals surface area (Å²) < 4.78 is 0.802. The first-order valence-electron chi connectivity index (χ1n) is 12.1. The van der Waals surface area contributed by atoms with Crippen LogP contribution in [0.5, 0.6) is 0 Å². The number of carbonyl (C=O) groups is 3. The topological polar surface area (TPSA) is 146 Å². The molecule has 11 heteroatoms. The number of amides is 2. The fourth-order valence-corrected chi connectivity index (χ4v) is 6.24. The number of H-pyrrole nitrogens is 1. The quantitative estimate of drug-likeness (QED) is 0.172. The number of rotatable bonds is 6. The molecule has 3 N–H and O–H groups in total. The number of para-hydroxylation sites is 1. The number of aromatic nitrogens is 1. The van der Waals surface area contributed by atoms with Gasteiger partial charge in [0.05, 0.1) is 22.4 Å². The minimum atomic E-state index is -1.82. The van der Waals surface area contributed by atoms with Gasteiger partial charge < -0.3 is 10.1 Å². The standard InChI is InChI=1S/C28H21BrN4O6/c29-17-10-8-15(9-11-17)24-22-23(26(35)32(25(22)34)18-4-3-5-19(12-18)33(38)39)28(31-24,27(36)37)13-16-14-30-21-7-2-1-6-20(16)21/h1-12,14,22-24,30-31H,13H2,(H,36,37). The van der Waals surface area contributed by atoms with Crippen molar-refractivity contribution in [2.75, 3.05) is 4.90 Å². The predicted octanol–water partition coefficient (Wildman–Crippen LogP) is 4.35. The molecule has 6 rings (SSSR count). The maximum absolute atomic E-state index is 14.0. The molecule has 2 aliphatic heterocycles. The van der Waals surface area contributed by atoms with Crippen molar-refractivity contribution in [2.24, 2.45) is 11.8 Å².